The molecule has 2 saturated carbocycles. The molecule has 0 amide bonds. The van der Waals surface area contributed by atoms with Crippen molar-refractivity contribution < 1.29 is 19.0 Å². The SMILES string of the molecule is COc1cc(OC)c2c(c1)C(=O)C[C@@H]1[C@@H]2CC[C@]2(C)[C@@H](OC(C)(C)C)CC[C@@H]12. The van der Waals surface area contributed by atoms with Gasteiger partial charge in [0.25, 0.3) is 0 Å². The number of hydrogen-bond donors (Lipinski definition) is 0. The van der Waals surface area contributed by atoms with Crippen molar-refractivity contribution in [1.82, 2.24) is 0 Å². The third-order valence-electron chi connectivity index (χ3n) is 7.51. The van der Waals surface area contributed by atoms with Gasteiger partial charge in [0, 0.05) is 23.6 Å². The second kappa shape index (κ2) is 6.76. The van der Waals surface area contributed by atoms with Gasteiger partial charge in [0.15, 0.2) is 5.78 Å². The number of benzene rings is 1. The maximum atomic E-state index is 13.1. The molecule has 0 heterocycles. The van der Waals surface area contributed by atoms with Gasteiger partial charge >= 0.3 is 0 Å². The van der Waals surface area contributed by atoms with Crippen molar-refractivity contribution in [3.05, 3.63) is 23.3 Å². The molecule has 0 radical (unpaired) electrons. The number of fused-ring (bicyclic) bond motifs is 5. The van der Waals surface area contributed by atoms with E-state index in [4.69, 9.17) is 14.2 Å². The van der Waals surface area contributed by atoms with E-state index in [1.54, 1.807) is 14.2 Å². The smallest absolute Gasteiger partial charge is 0.163 e. The molecule has 0 aromatic heterocycles. The van der Waals surface area contributed by atoms with Crippen molar-refractivity contribution in [2.45, 2.75) is 77.4 Å². The first-order valence-electron chi connectivity index (χ1n) is 10.6. The van der Waals surface area contributed by atoms with Gasteiger partial charge in [0.2, 0.25) is 0 Å². The Kier molecular flexibility index (Phi) is 4.77. The van der Waals surface area contributed by atoms with Crippen LogP contribution in [0.15, 0.2) is 12.1 Å². The van der Waals surface area contributed by atoms with E-state index in [1.807, 2.05) is 12.1 Å². The quantitative estimate of drug-likeness (QED) is 0.699. The van der Waals surface area contributed by atoms with Crippen LogP contribution in [0.25, 0.3) is 0 Å². The number of carbonyl (C=O) groups is 1. The molecule has 0 spiro atoms. The average molecular weight is 387 g/mol. The summed E-state index contributed by atoms with van der Waals surface area (Å²) in [5, 5.41) is 0. The first-order chi connectivity index (χ1) is 13.2. The molecule has 1 aromatic carbocycles. The summed E-state index contributed by atoms with van der Waals surface area (Å²) in [5.41, 5.74) is 1.95. The van der Waals surface area contributed by atoms with Crippen LogP contribution in [0.4, 0.5) is 0 Å². The van der Waals surface area contributed by atoms with Crippen LogP contribution >= 0.6 is 0 Å². The minimum absolute atomic E-state index is 0.131. The van der Waals surface area contributed by atoms with E-state index < -0.39 is 0 Å². The van der Waals surface area contributed by atoms with Crippen LogP contribution in [-0.4, -0.2) is 31.7 Å². The second-order valence-corrected chi connectivity index (χ2v) is 10.1. The molecular weight excluding hydrogens is 352 g/mol. The zero-order valence-electron chi connectivity index (χ0n) is 18.1. The predicted octanol–water partition coefficient (Wildman–Crippen LogP) is 5.38. The fourth-order valence-corrected chi connectivity index (χ4v) is 6.33. The molecule has 0 unspecified atom stereocenters. The molecule has 154 valence electrons. The Bertz CT molecular complexity index is 778. The molecule has 2 fully saturated rings. The van der Waals surface area contributed by atoms with Gasteiger partial charge in [-0.1, -0.05) is 6.92 Å². The van der Waals surface area contributed by atoms with Gasteiger partial charge in [-0.25, -0.2) is 0 Å². The van der Waals surface area contributed by atoms with Gasteiger partial charge in [0.05, 0.1) is 25.9 Å². The van der Waals surface area contributed by atoms with Crippen molar-refractivity contribution in [3.8, 4) is 11.5 Å². The van der Waals surface area contributed by atoms with Crippen LogP contribution in [-0.2, 0) is 4.74 Å². The highest BCUT2D eigenvalue weighted by atomic mass is 16.5. The molecular formula is C24H34O4. The van der Waals surface area contributed by atoms with Gasteiger partial charge in [-0.15, -0.1) is 0 Å². The largest absolute Gasteiger partial charge is 0.497 e. The lowest BCUT2D eigenvalue weighted by atomic mass is 9.55. The fourth-order valence-electron chi connectivity index (χ4n) is 6.33. The molecule has 4 rings (SSSR count). The van der Waals surface area contributed by atoms with E-state index in [9.17, 15) is 4.79 Å². The van der Waals surface area contributed by atoms with Crippen LogP contribution in [0.1, 0.15) is 81.6 Å². The number of carbonyl (C=O) groups excluding carboxylic acids is 1. The molecule has 0 saturated heterocycles. The van der Waals surface area contributed by atoms with E-state index >= 15 is 0 Å². The third kappa shape index (κ3) is 3.04. The summed E-state index contributed by atoms with van der Waals surface area (Å²) in [5.74, 6) is 3.04. The fraction of sp³-hybridized carbons (Fsp3) is 0.708. The molecule has 0 bridgehead atoms. The molecule has 3 aliphatic rings. The third-order valence-corrected chi connectivity index (χ3v) is 7.51. The van der Waals surface area contributed by atoms with Crippen molar-refractivity contribution in [2.75, 3.05) is 14.2 Å². The number of rotatable bonds is 3. The van der Waals surface area contributed by atoms with Crippen LogP contribution in [0, 0.1) is 17.3 Å². The van der Waals surface area contributed by atoms with Gasteiger partial charge in [0.1, 0.15) is 11.5 Å². The Labute approximate surface area is 168 Å². The number of ketones is 1. The highest BCUT2D eigenvalue weighted by Gasteiger charge is 2.57. The van der Waals surface area contributed by atoms with Crippen LogP contribution in [0.2, 0.25) is 0 Å². The van der Waals surface area contributed by atoms with E-state index in [0.717, 1.165) is 42.6 Å². The Morgan fingerprint density at radius 1 is 1.07 bits per heavy atom. The van der Waals surface area contributed by atoms with E-state index in [0.29, 0.717) is 29.9 Å². The monoisotopic (exact) mass is 386 g/mol. The summed E-state index contributed by atoms with van der Waals surface area (Å²) in [6, 6.07) is 3.84. The van der Waals surface area contributed by atoms with E-state index in [2.05, 4.69) is 27.7 Å². The first-order valence-corrected chi connectivity index (χ1v) is 10.6. The van der Waals surface area contributed by atoms with Gasteiger partial charge in [-0.05, 0) is 75.7 Å². The normalized spacial score (nSPS) is 34.4. The summed E-state index contributed by atoms with van der Waals surface area (Å²) in [6.07, 6.45) is 5.40. The van der Waals surface area contributed by atoms with Crippen molar-refractivity contribution in [3.63, 3.8) is 0 Å². The molecule has 0 aliphatic heterocycles. The number of ether oxygens (including phenoxy) is 3. The Balaban J connectivity index is 1.71. The predicted molar refractivity (Wildman–Crippen MR) is 109 cm³/mol. The zero-order valence-corrected chi connectivity index (χ0v) is 18.1. The average Bonchev–Trinajstić information content (AvgIpc) is 2.96. The van der Waals surface area contributed by atoms with Crippen LogP contribution < -0.4 is 9.47 Å². The van der Waals surface area contributed by atoms with Gasteiger partial charge in [-0.2, -0.15) is 0 Å². The molecule has 1 aromatic rings. The highest BCUT2D eigenvalue weighted by Crippen LogP contribution is 2.63. The first kappa shape index (κ1) is 19.8. The molecule has 4 nitrogen and oxygen atoms in total. The number of Topliss-reactive ketones (excluding diaryl/α,β-unsaturated/α-hetero) is 1. The molecule has 3 aliphatic carbocycles. The van der Waals surface area contributed by atoms with Crippen molar-refractivity contribution >= 4 is 5.78 Å². The molecule has 0 N–H and O–H groups in total. The van der Waals surface area contributed by atoms with Crippen molar-refractivity contribution in [1.29, 1.82) is 0 Å². The Morgan fingerprint density at radius 2 is 1.82 bits per heavy atom. The maximum Gasteiger partial charge on any atom is 0.163 e. The minimum atomic E-state index is -0.131. The molecule has 4 heteroatoms. The van der Waals surface area contributed by atoms with Crippen molar-refractivity contribution in [2.24, 2.45) is 17.3 Å². The standard InChI is InChI=1S/C24H34O4/c1-23(2,3)28-21-8-7-18-16-13-19(25)17-11-14(26-5)12-20(27-6)22(17)15(16)9-10-24(18,21)4/h11-12,15-16,18,21H,7-10,13H2,1-6H3/t15-,16+,18-,21-,24-/m0/s1. The Morgan fingerprint density at radius 3 is 2.46 bits per heavy atom. The van der Waals surface area contributed by atoms with Gasteiger partial charge in [-0.3, -0.25) is 4.79 Å². The summed E-state index contributed by atoms with van der Waals surface area (Å²) in [4.78, 5) is 13.1. The summed E-state index contributed by atoms with van der Waals surface area (Å²) < 4.78 is 17.6. The lowest BCUT2D eigenvalue weighted by molar-refractivity contribution is -0.125. The summed E-state index contributed by atoms with van der Waals surface area (Å²) in [7, 11) is 3.33. The summed E-state index contributed by atoms with van der Waals surface area (Å²) >= 11 is 0. The number of methoxy groups -OCH3 is 2. The lowest BCUT2D eigenvalue weighted by Crippen LogP contribution is -2.47. The number of hydrogen-bond acceptors (Lipinski definition) is 4. The lowest BCUT2D eigenvalue weighted by Gasteiger charge is -2.51. The zero-order chi connectivity index (χ0) is 20.3. The van der Waals surface area contributed by atoms with Crippen LogP contribution in [0.5, 0.6) is 11.5 Å². The molecule has 5 atom stereocenters. The van der Waals surface area contributed by atoms with Gasteiger partial charge < -0.3 is 14.2 Å². The maximum absolute atomic E-state index is 13.1. The summed E-state index contributed by atoms with van der Waals surface area (Å²) in [6.45, 7) is 8.85. The minimum Gasteiger partial charge on any atom is -0.497 e. The second-order valence-electron chi connectivity index (χ2n) is 10.1. The van der Waals surface area contributed by atoms with Crippen LogP contribution in [0.3, 0.4) is 0 Å². The molecule has 28 heavy (non-hydrogen) atoms. The highest BCUT2D eigenvalue weighted by molar-refractivity contribution is 6.00. The van der Waals surface area contributed by atoms with E-state index in [-0.39, 0.29) is 22.9 Å². The Hall–Kier alpha value is -1.55. The topological polar surface area (TPSA) is 44.8 Å². The van der Waals surface area contributed by atoms with E-state index in [1.165, 1.54) is 0 Å².